The molecule has 0 aromatic heterocycles. The van der Waals surface area contributed by atoms with Crippen LogP contribution in [-0.2, 0) is 19.0 Å². The van der Waals surface area contributed by atoms with Crippen molar-refractivity contribution in [1.82, 2.24) is 5.32 Å². The molecular weight excluding hydrogens is 222 g/mol. The molecule has 0 fully saturated rings. The third-order valence-corrected chi connectivity index (χ3v) is 2.07. The molecule has 0 radical (unpaired) electrons. The third kappa shape index (κ3) is 10.2. The van der Waals surface area contributed by atoms with Crippen LogP contribution in [0.25, 0.3) is 0 Å². The molecule has 0 unspecified atom stereocenters. The van der Waals surface area contributed by atoms with Gasteiger partial charge in [-0.3, -0.25) is 4.79 Å². The zero-order valence-electron chi connectivity index (χ0n) is 11.2. The number of nitrogens with one attached hydrogen (secondary N) is 1. The molecule has 0 aliphatic rings. The lowest BCUT2D eigenvalue weighted by Gasteiger charge is -2.17. The molecule has 5 nitrogen and oxygen atoms in total. The molecule has 1 amide bonds. The molecule has 102 valence electrons. The minimum atomic E-state index is -0.346. The molecule has 0 aliphatic carbocycles. The Bertz CT molecular complexity index is 181. The van der Waals surface area contributed by atoms with Crippen LogP contribution in [-0.4, -0.2) is 45.2 Å². The van der Waals surface area contributed by atoms with Crippen molar-refractivity contribution in [2.45, 2.75) is 39.9 Å². The lowest BCUT2D eigenvalue weighted by molar-refractivity contribution is -0.140. The van der Waals surface area contributed by atoms with Gasteiger partial charge in [-0.15, -0.1) is 0 Å². The summed E-state index contributed by atoms with van der Waals surface area (Å²) in [6, 6.07) is 0. The second-order valence-corrected chi connectivity index (χ2v) is 3.44. The first-order chi connectivity index (χ1) is 8.24. The van der Waals surface area contributed by atoms with Gasteiger partial charge in [0, 0.05) is 32.8 Å². The molecule has 0 aliphatic heterocycles. The molecule has 5 heteroatoms. The summed E-state index contributed by atoms with van der Waals surface area (Å²) in [7, 11) is 0. The fourth-order valence-corrected chi connectivity index (χ4v) is 1.30. The summed E-state index contributed by atoms with van der Waals surface area (Å²) in [6.07, 6.45) is 0.874. The number of ether oxygens (including phenoxy) is 3. The minimum Gasteiger partial charge on any atom is -0.382 e. The summed E-state index contributed by atoms with van der Waals surface area (Å²) in [6.45, 7) is 8.61. The number of hydrogen-bond acceptors (Lipinski definition) is 4. The van der Waals surface area contributed by atoms with Gasteiger partial charge >= 0.3 is 0 Å². The predicted molar refractivity (Wildman–Crippen MR) is 65.8 cm³/mol. The van der Waals surface area contributed by atoms with Crippen molar-refractivity contribution in [3.05, 3.63) is 0 Å². The van der Waals surface area contributed by atoms with Crippen LogP contribution in [0.3, 0.4) is 0 Å². The Hall–Kier alpha value is -0.650. The SMILES string of the molecule is CCOCCCC(=O)NCC(OCC)OCC. The lowest BCUT2D eigenvalue weighted by atomic mass is 10.3. The number of carbonyl (C=O) groups excluding carboxylic acids is 1. The highest BCUT2D eigenvalue weighted by atomic mass is 16.7. The average Bonchev–Trinajstić information content (AvgIpc) is 2.32. The van der Waals surface area contributed by atoms with E-state index in [0.717, 1.165) is 6.42 Å². The van der Waals surface area contributed by atoms with Gasteiger partial charge < -0.3 is 19.5 Å². The molecule has 0 aromatic carbocycles. The standard InChI is InChI=1S/C12H25NO4/c1-4-15-9-7-8-11(14)13-10-12(16-5-2)17-6-3/h12H,4-10H2,1-3H3,(H,13,14). The molecule has 0 saturated carbocycles. The number of hydrogen-bond donors (Lipinski definition) is 1. The Balaban J connectivity index is 3.57. The van der Waals surface area contributed by atoms with Gasteiger partial charge in [0.05, 0.1) is 6.54 Å². The van der Waals surface area contributed by atoms with Crippen molar-refractivity contribution in [2.75, 3.05) is 33.0 Å². The first-order valence-electron chi connectivity index (χ1n) is 6.32. The first-order valence-corrected chi connectivity index (χ1v) is 6.32. The van der Waals surface area contributed by atoms with Crippen LogP contribution >= 0.6 is 0 Å². The topological polar surface area (TPSA) is 56.8 Å². The fourth-order valence-electron chi connectivity index (χ4n) is 1.30. The van der Waals surface area contributed by atoms with Crippen molar-refractivity contribution < 1.29 is 19.0 Å². The quantitative estimate of drug-likeness (QED) is 0.442. The van der Waals surface area contributed by atoms with Crippen molar-refractivity contribution in [1.29, 1.82) is 0 Å². The van der Waals surface area contributed by atoms with Crippen molar-refractivity contribution in [3.63, 3.8) is 0 Å². The maximum atomic E-state index is 11.4. The molecule has 0 heterocycles. The monoisotopic (exact) mass is 247 g/mol. The van der Waals surface area contributed by atoms with E-state index in [1.165, 1.54) is 0 Å². The summed E-state index contributed by atoms with van der Waals surface area (Å²) < 4.78 is 15.8. The Morgan fingerprint density at radius 1 is 1.12 bits per heavy atom. The van der Waals surface area contributed by atoms with Gasteiger partial charge in [-0.1, -0.05) is 0 Å². The maximum absolute atomic E-state index is 11.4. The maximum Gasteiger partial charge on any atom is 0.220 e. The van der Waals surface area contributed by atoms with Crippen molar-refractivity contribution in [3.8, 4) is 0 Å². The normalized spacial score (nSPS) is 10.8. The summed E-state index contributed by atoms with van der Waals surface area (Å²) >= 11 is 0. The van der Waals surface area contributed by atoms with E-state index in [0.29, 0.717) is 39.4 Å². The van der Waals surface area contributed by atoms with E-state index in [9.17, 15) is 4.79 Å². The summed E-state index contributed by atoms with van der Waals surface area (Å²) in [5.41, 5.74) is 0. The second-order valence-electron chi connectivity index (χ2n) is 3.44. The molecule has 0 aromatic rings. The Kier molecular flexibility index (Phi) is 11.4. The van der Waals surface area contributed by atoms with E-state index in [4.69, 9.17) is 14.2 Å². The molecule has 0 spiro atoms. The fraction of sp³-hybridized carbons (Fsp3) is 0.917. The van der Waals surface area contributed by atoms with E-state index >= 15 is 0 Å². The van der Waals surface area contributed by atoms with Crippen LogP contribution in [0.2, 0.25) is 0 Å². The van der Waals surface area contributed by atoms with Crippen molar-refractivity contribution >= 4 is 5.91 Å². The van der Waals surface area contributed by atoms with Crippen LogP contribution in [0.4, 0.5) is 0 Å². The van der Waals surface area contributed by atoms with Gasteiger partial charge in [-0.05, 0) is 27.2 Å². The smallest absolute Gasteiger partial charge is 0.220 e. The Labute approximate surface area is 104 Å². The number of carbonyl (C=O) groups is 1. The number of amides is 1. The molecule has 17 heavy (non-hydrogen) atoms. The van der Waals surface area contributed by atoms with Crippen LogP contribution in [0, 0.1) is 0 Å². The highest BCUT2D eigenvalue weighted by molar-refractivity contribution is 5.75. The Morgan fingerprint density at radius 2 is 1.76 bits per heavy atom. The number of rotatable bonds is 11. The summed E-state index contributed by atoms with van der Waals surface area (Å²) in [5, 5.41) is 2.78. The molecule has 0 rings (SSSR count). The van der Waals surface area contributed by atoms with E-state index < -0.39 is 0 Å². The molecule has 0 bridgehead atoms. The lowest BCUT2D eigenvalue weighted by Crippen LogP contribution is -2.35. The van der Waals surface area contributed by atoms with E-state index in [1.807, 2.05) is 20.8 Å². The Morgan fingerprint density at radius 3 is 2.29 bits per heavy atom. The molecule has 0 atom stereocenters. The van der Waals surface area contributed by atoms with Crippen LogP contribution in [0.5, 0.6) is 0 Å². The van der Waals surface area contributed by atoms with Gasteiger partial charge in [0.15, 0.2) is 6.29 Å². The van der Waals surface area contributed by atoms with Gasteiger partial charge in [-0.25, -0.2) is 0 Å². The van der Waals surface area contributed by atoms with E-state index in [1.54, 1.807) is 0 Å². The van der Waals surface area contributed by atoms with E-state index in [-0.39, 0.29) is 12.2 Å². The van der Waals surface area contributed by atoms with Gasteiger partial charge in [0.25, 0.3) is 0 Å². The van der Waals surface area contributed by atoms with Crippen molar-refractivity contribution in [2.24, 2.45) is 0 Å². The van der Waals surface area contributed by atoms with Gasteiger partial charge in [-0.2, -0.15) is 0 Å². The van der Waals surface area contributed by atoms with Gasteiger partial charge in [0.2, 0.25) is 5.91 Å². The molecule has 1 N–H and O–H groups in total. The first kappa shape index (κ1) is 16.4. The molecular formula is C12H25NO4. The summed E-state index contributed by atoms with van der Waals surface area (Å²) in [5.74, 6) is 0.00843. The third-order valence-electron chi connectivity index (χ3n) is 2.07. The summed E-state index contributed by atoms with van der Waals surface area (Å²) in [4.78, 5) is 11.4. The predicted octanol–water partition coefficient (Wildman–Crippen LogP) is 1.32. The largest absolute Gasteiger partial charge is 0.382 e. The zero-order chi connectivity index (χ0) is 12.9. The zero-order valence-corrected chi connectivity index (χ0v) is 11.2. The second kappa shape index (κ2) is 11.8. The minimum absolute atomic E-state index is 0.00843. The highest BCUT2D eigenvalue weighted by Gasteiger charge is 2.09. The average molecular weight is 247 g/mol. The molecule has 0 saturated heterocycles. The van der Waals surface area contributed by atoms with Crippen LogP contribution < -0.4 is 5.32 Å². The van der Waals surface area contributed by atoms with Gasteiger partial charge in [0.1, 0.15) is 0 Å². The van der Waals surface area contributed by atoms with Crippen LogP contribution in [0.1, 0.15) is 33.6 Å². The highest BCUT2D eigenvalue weighted by Crippen LogP contribution is 1.95. The van der Waals surface area contributed by atoms with Crippen LogP contribution in [0.15, 0.2) is 0 Å². The van der Waals surface area contributed by atoms with E-state index in [2.05, 4.69) is 5.32 Å².